The highest BCUT2D eigenvalue weighted by molar-refractivity contribution is 5.98. The smallest absolute Gasteiger partial charge is 0.326 e. The van der Waals surface area contributed by atoms with Crippen molar-refractivity contribution in [1.82, 2.24) is 37.2 Å². The lowest BCUT2D eigenvalue weighted by Crippen LogP contribution is -2.60. The van der Waals surface area contributed by atoms with Crippen LogP contribution in [0.25, 0.3) is 0 Å². The summed E-state index contributed by atoms with van der Waals surface area (Å²) in [4.78, 5) is 140. The predicted octanol–water partition coefficient (Wildman–Crippen LogP) is -0.993. The summed E-state index contributed by atoms with van der Waals surface area (Å²) in [7, 11) is 0. The Balaban J connectivity index is 3.20. The molecule has 23 heteroatoms. The molecule has 0 aliphatic rings. The number of rotatable bonds is 30. The Hall–Kier alpha value is -6.65. The van der Waals surface area contributed by atoms with Gasteiger partial charge in [-0.15, -0.1) is 0 Å². The minimum atomic E-state index is -1.77. The topological polar surface area (TPSA) is 379 Å². The molecule has 7 amide bonds. The first-order valence-corrected chi connectivity index (χ1v) is 21.5. The van der Waals surface area contributed by atoms with Crippen LogP contribution in [0.4, 0.5) is 0 Å². The van der Waals surface area contributed by atoms with Crippen LogP contribution in [0.15, 0.2) is 30.3 Å². The lowest BCUT2D eigenvalue weighted by Gasteiger charge is -2.28. The average Bonchev–Trinajstić information content (AvgIpc) is 3.21. The van der Waals surface area contributed by atoms with Gasteiger partial charge in [-0.1, -0.05) is 71.9 Å². The van der Waals surface area contributed by atoms with Crippen LogP contribution < -0.4 is 43.0 Å². The molecule has 0 aromatic heterocycles. The van der Waals surface area contributed by atoms with Gasteiger partial charge in [0.15, 0.2) is 0 Å². The van der Waals surface area contributed by atoms with Crippen molar-refractivity contribution in [2.24, 2.45) is 23.5 Å². The summed E-state index contributed by atoms with van der Waals surface area (Å²) < 4.78 is 0. The van der Waals surface area contributed by atoms with E-state index in [1.807, 2.05) is 0 Å². The number of amides is 7. The van der Waals surface area contributed by atoms with Crippen molar-refractivity contribution in [3.63, 3.8) is 0 Å². The first-order chi connectivity index (χ1) is 30.7. The molecule has 23 nitrogen and oxygen atoms in total. The summed E-state index contributed by atoms with van der Waals surface area (Å²) in [5, 5.41) is 54.5. The molecule has 1 aromatic carbocycles. The minimum absolute atomic E-state index is 0.0192. The normalized spacial score (nSPS) is 14.8. The number of nitrogens with one attached hydrogen (secondary N) is 7. The van der Waals surface area contributed by atoms with Gasteiger partial charge in [0, 0.05) is 19.3 Å². The van der Waals surface area contributed by atoms with Gasteiger partial charge < -0.3 is 63.4 Å². The van der Waals surface area contributed by atoms with Crippen molar-refractivity contribution < 1.29 is 73.2 Å². The molecule has 0 heterocycles. The first kappa shape index (κ1) is 57.4. The molecule has 8 atom stereocenters. The lowest BCUT2D eigenvalue weighted by molar-refractivity contribution is -0.143. The fourth-order valence-electron chi connectivity index (χ4n) is 6.34. The second kappa shape index (κ2) is 28.3. The molecular weight excluding hydrogens is 869 g/mol. The molecule has 13 N–H and O–H groups in total. The summed E-state index contributed by atoms with van der Waals surface area (Å²) >= 11 is 0. The van der Waals surface area contributed by atoms with E-state index in [1.54, 1.807) is 71.9 Å². The zero-order chi connectivity index (χ0) is 50.4. The molecule has 0 spiro atoms. The maximum atomic E-state index is 13.6. The van der Waals surface area contributed by atoms with Gasteiger partial charge in [0.25, 0.3) is 0 Å². The molecular formula is C43H66N8O15. The van der Waals surface area contributed by atoms with Gasteiger partial charge in [-0.05, 0) is 55.9 Å². The Morgan fingerprint density at radius 3 is 1.41 bits per heavy atom. The highest BCUT2D eigenvalue weighted by Gasteiger charge is 2.35. The van der Waals surface area contributed by atoms with E-state index in [4.69, 9.17) is 10.8 Å². The number of carbonyl (C=O) groups is 11. The molecule has 0 saturated carbocycles. The fraction of sp³-hybridized carbons (Fsp3) is 0.605. The van der Waals surface area contributed by atoms with E-state index >= 15 is 0 Å². The van der Waals surface area contributed by atoms with Crippen molar-refractivity contribution in [3.8, 4) is 0 Å². The largest absolute Gasteiger partial charge is 0.481 e. The molecule has 0 radical (unpaired) electrons. The summed E-state index contributed by atoms with van der Waals surface area (Å²) in [5.41, 5.74) is 6.38. The lowest BCUT2D eigenvalue weighted by atomic mass is 10.00. The fourth-order valence-corrected chi connectivity index (χ4v) is 6.34. The molecule has 66 heavy (non-hydrogen) atoms. The van der Waals surface area contributed by atoms with Crippen LogP contribution in [0.1, 0.15) is 99.0 Å². The van der Waals surface area contributed by atoms with Gasteiger partial charge >= 0.3 is 23.9 Å². The van der Waals surface area contributed by atoms with Crippen LogP contribution in [0.5, 0.6) is 0 Å². The van der Waals surface area contributed by atoms with E-state index < -0.39 is 145 Å². The maximum Gasteiger partial charge on any atom is 0.326 e. The summed E-state index contributed by atoms with van der Waals surface area (Å²) in [6.45, 7) is 11.2. The minimum Gasteiger partial charge on any atom is -0.481 e. The monoisotopic (exact) mass is 934 g/mol. The first-order valence-electron chi connectivity index (χ1n) is 21.5. The third kappa shape index (κ3) is 21.8. The molecule has 0 unspecified atom stereocenters. The Labute approximate surface area is 382 Å². The van der Waals surface area contributed by atoms with Crippen molar-refractivity contribution in [2.75, 3.05) is 0 Å². The summed E-state index contributed by atoms with van der Waals surface area (Å²) in [6, 6.07) is -3.12. The number of benzene rings is 1. The van der Waals surface area contributed by atoms with Crippen LogP contribution in [0, 0.1) is 17.8 Å². The van der Waals surface area contributed by atoms with E-state index in [0.717, 1.165) is 0 Å². The average molecular weight is 935 g/mol. The van der Waals surface area contributed by atoms with Gasteiger partial charge in [0.05, 0.1) is 12.5 Å². The van der Waals surface area contributed by atoms with Crippen molar-refractivity contribution in [1.29, 1.82) is 0 Å². The Kier molecular flexibility index (Phi) is 24.6. The number of hydrogen-bond acceptors (Lipinski definition) is 12. The SMILES string of the molecule is CC(C)C[C@H](NC(=O)[C@H](CC(=O)O)NC(=O)[C@H](CC(C)C)NC(=O)[C@@H](N)CCC(=O)O)C(=O)N[C@@H](C)C(=O)N[C@H](C(=O)N[C@@H](CCC(=O)O)C(=O)N[C@@H](Cc1ccccc1)C(=O)O)C(C)C. The van der Waals surface area contributed by atoms with Crippen molar-refractivity contribution >= 4 is 65.2 Å². The van der Waals surface area contributed by atoms with Gasteiger partial charge in [-0.25, -0.2) is 4.79 Å². The van der Waals surface area contributed by atoms with Gasteiger partial charge in [0.1, 0.15) is 42.3 Å². The molecule has 0 saturated heterocycles. The summed E-state index contributed by atoms with van der Waals surface area (Å²) in [5.74, 6) is -13.1. The number of carboxylic acid groups (broad SMARTS) is 4. The van der Waals surface area contributed by atoms with Crippen LogP contribution in [-0.2, 0) is 59.2 Å². The van der Waals surface area contributed by atoms with E-state index in [2.05, 4.69) is 37.2 Å². The molecule has 0 bridgehead atoms. The van der Waals surface area contributed by atoms with Crippen LogP contribution in [0.2, 0.25) is 0 Å². The Morgan fingerprint density at radius 1 is 0.485 bits per heavy atom. The number of nitrogens with two attached hydrogens (primary N) is 1. The third-order valence-corrected chi connectivity index (χ3v) is 9.87. The number of aliphatic carboxylic acids is 4. The van der Waals surface area contributed by atoms with E-state index in [0.29, 0.717) is 5.56 Å². The van der Waals surface area contributed by atoms with E-state index in [1.165, 1.54) is 6.92 Å². The molecule has 1 aromatic rings. The Morgan fingerprint density at radius 2 is 0.924 bits per heavy atom. The Bertz CT molecular complexity index is 1880. The molecule has 0 aliphatic heterocycles. The highest BCUT2D eigenvalue weighted by Crippen LogP contribution is 2.12. The van der Waals surface area contributed by atoms with Crippen LogP contribution >= 0.6 is 0 Å². The number of hydrogen-bond donors (Lipinski definition) is 12. The number of carbonyl (C=O) groups excluding carboxylic acids is 7. The number of carboxylic acids is 4. The van der Waals surface area contributed by atoms with Gasteiger partial charge in [-0.2, -0.15) is 0 Å². The predicted molar refractivity (Wildman–Crippen MR) is 235 cm³/mol. The molecule has 0 aliphatic carbocycles. The third-order valence-electron chi connectivity index (χ3n) is 9.87. The quantitative estimate of drug-likeness (QED) is 0.0440. The maximum absolute atomic E-state index is 13.6. The highest BCUT2D eigenvalue weighted by atomic mass is 16.4. The van der Waals surface area contributed by atoms with Gasteiger partial charge in [0.2, 0.25) is 41.4 Å². The summed E-state index contributed by atoms with van der Waals surface area (Å²) in [6.07, 6.45) is -2.76. The van der Waals surface area contributed by atoms with Gasteiger partial charge in [-0.3, -0.25) is 47.9 Å². The van der Waals surface area contributed by atoms with E-state index in [-0.39, 0.29) is 37.5 Å². The molecule has 368 valence electrons. The second-order valence-corrected chi connectivity index (χ2v) is 17.1. The second-order valence-electron chi connectivity index (χ2n) is 17.1. The zero-order valence-electron chi connectivity index (χ0n) is 38.3. The molecule has 1 rings (SSSR count). The van der Waals surface area contributed by atoms with Crippen LogP contribution in [-0.4, -0.2) is 134 Å². The van der Waals surface area contributed by atoms with E-state index in [9.17, 15) is 68.1 Å². The van der Waals surface area contributed by atoms with Crippen LogP contribution in [0.3, 0.4) is 0 Å². The van der Waals surface area contributed by atoms with Crippen molar-refractivity contribution in [2.45, 2.75) is 148 Å². The standard InChI is InChI=1S/C43H66N8O15/c1-21(2)17-28(48-41(63)30(20-34(56)57)49-40(62)29(18-22(3)4)47-37(59)26(44)13-15-32(52)53)39(61)45-24(7)36(58)51-35(23(5)6)42(64)46-27(14-16-33(54)55)38(60)50-31(43(65)66)19-25-11-9-8-10-12-25/h8-12,21-24,26-31,35H,13-20,44H2,1-7H3,(H,45,61)(H,46,64)(H,47,59)(H,48,63)(H,49,62)(H,50,60)(H,51,58)(H,52,53)(H,54,55)(H,56,57)(H,65,66)/t24-,26-,27-,28-,29-,30-,31-,35-/m0/s1. The molecule has 0 fully saturated rings. The van der Waals surface area contributed by atoms with Crippen molar-refractivity contribution in [3.05, 3.63) is 35.9 Å². The zero-order valence-corrected chi connectivity index (χ0v) is 38.3.